The van der Waals surface area contributed by atoms with Gasteiger partial charge in [0.2, 0.25) is 0 Å². The predicted molar refractivity (Wildman–Crippen MR) is 100 cm³/mol. The van der Waals surface area contributed by atoms with E-state index in [-0.39, 0.29) is 0 Å². The highest BCUT2D eigenvalue weighted by Gasteiger charge is 2.09. The van der Waals surface area contributed by atoms with Gasteiger partial charge in [-0.25, -0.2) is 9.67 Å². The van der Waals surface area contributed by atoms with Crippen molar-refractivity contribution in [1.82, 2.24) is 20.2 Å². The van der Waals surface area contributed by atoms with E-state index >= 15 is 0 Å². The molecule has 0 aliphatic rings. The molecule has 0 bridgehead atoms. The zero-order valence-corrected chi connectivity index (χ0v) is 15.1. The average Bonchev–Trinajstić information content (AvgIpc) is 3.09. The first-order valence-electron chi connectivity index (χ1n) is 7.25. The fraction of sp³-hybridized carbons (Fsp3) is 0.0588. The topological polar surface area (TPSA) is 52.0 Å². The summed E-state index contributed by atoms with van der Waals surface area (Å²) >= 11 is 18.1. The van der Waals surface area contributed by atoms with Gasteiger partial charge in [0.15, 0.2) is 0 Å². The Morgan fingerprint density at radius 1 is 1.08 bits per heavy atom. The lowest BCUT2D eigenvalue weighted by Crippen LogP contribution is -2.14. The monoisotopic (exact) mass is 394 g/mol. The van der Waals surface area contributed by atoms with Gasteiger partial charge in [0, 0.05) is 15.6 Å². The maximum atomic E-state index is 6.30. The standard InChI is InChI=1S/C17H13Cl3N4O/c18-13-3-1-12(2-4-13)9-25-23-17(8-24-11-21-10-22-24)15-6-5-14(19)7-16(15)20/h1-8,10-11,23H,9H2. The van der Waals surface area contributed by atoms with Gasteiger partial charge < -0.3 is 0 Å². The molecular formula is C17H13Cl3N4O. The lowest BCUT2D eigenvalue weighted by molar-refractivity contribution is 0.0649. The van der Waals surface area contributed by atoms with E-state index < -0.39 is 0 Å². The summed E-state index contributed by atoms with van der Waals surface area (Å²) in [5, 5.41) is 5.77. The minimum absolute atomic E-state index is 0.344. The number of nitrogens with one attached hydrogen (secondary N) is 1. The Bertz CT molecular complexity index is 864. The van der Waals surface area contributed by atoms with Crippen molar-refractivity contribution in [2.45, 2.75) is 6.61 Å². The molecule has 3 rings (SSSR count). The van der Waals surface area contributed by atoms with Crippen LogP contribution in [0.4, 0.5) is 0 Å². The molecule has 0 aliphatic carbocycles. The van der Waals surface area contributed by atoms with E-state index in [9.17, 15) is 0 Å². The summed E-state index contributed by atoms with van der Waals surface area (Å²) in [6.45, 7) is 0.344. The second-order valence-corrected chi connectivity index (χ2v) is 6.34. The van der Waals surface area contributed by atoms with Crippen LogP contribution in [0, 0.1) is 0 Å². The van der Waals surface area contributed by atoms with Crippen LogP contribution in [0.3, 0.4) is 0 Å². The summed E-state index contributed by atoms with van der Waals surface area (Å²) in [5.41, 5.74) is 5.21. The fourth-order valence-corrected chi connectivity index (χ4v) is 2.69. The van der Waals surface area contributed by atoms with E-state index in [1.54, 1.807) is 35.4 Å². The maximum Gasteiger partial charge on any atom is 0.138 e. The third kappa shape index (κ3) is 4.96. The molecule has 0 radical (unpaired) electrons. The molecule has 1 aromatic heterocycles. The van der Waals surface area contributed by atoms with E-state index in [4.69, 9.17) is 39.6 Å². The molecule has 25 heavy (non-hydrogen) atoms. The van der Waals surface area contributed by atoms with Crippen molar-refractivity contribution in [3.05, 3.63) is 81.3 Å². The summed E-state index contributed by atoms with van der Waals surface area (Å²) < 4.78 is 1.54. The van der Waals surface area contributed by atoms with E-state index in [0.717, 1.165) is 11.1 Å². The Hall–Kier alpha value is -2.05. The van der Waals surface area contributed by atoms with Crippen molar-refractivity contribution in [3.8, 4) is 0 Å². The molecule has 128 valence electrons. The van der Waals surface area contributed by atoms with Crippen molar-refractivity contribution in [1.29, 1.82) is 0 Å². The van der Waals surface area contributed by atoms with Crippen LogP contribution in [0.25, 0.3) is 11.9 Å². The van der Waals surface area contributed by atoms with Crippen molar-refractivity contribution < 1.29 is 4.84 Å². The van der Waals surface area contributed by atoms with Gasteiger partial charge >= 0.3 is 0 Å². The molecule has 2 aromatic carbocycles. The highest BCUT2D eigenvalue weighted by molar-refractivity contribution is 6.35. The number of hydrogen-bond acceptors (Lipinski definition) is 4. The lowest BCUT2D eigenvalue weighted by Gasteiger charge is -2.13. The predicted octanol–water partition coefficient (Wildman–Crippen LogP) is 4.92. The zero-order chi connectivity index (χ0) is 17.6. The van der Waals surface area contributed by atoms with E-state index in [1.165, 1.54) is 6.33 Å². The Morgan fingerprint density at radius 2 is 1.84 bits per heavy atom. The number of rotatable bonds is 6. The van der Waals surface area contributed by atoms with Crippen molar-refractivity contribution in [3.63, 3.8) is 0 Å². The normalized spacial score (nSPS) is 11.6. The minimum Gasteiger partial charge on any atom is -0.271 e. The average molecular weight is 396 g/mol. The SMILES string of the molecule is Clc1ccc(CONC(=Cn2cncn2)c2ccc(Cl)cc2Cl)cc1. The van der Waals surface area contributed by atoms with E-state index in [0.29, 0.717) is 27.4 Å². The third-order valence-electron chi connectivity index (χ3n) is 3.25. The van der Waals surface area contributed by atoms with E-state index in [1.807, 2.05) is 24.3 Å². The Balaban J connectivity index is 1.78. The van der Waals surface area contributed by atoms with Crippen molar-refractivity contribution in [2.75, 3.05) is 0 Å². The number of halogens is 3. The number of nitrogens with zero attached hydrogens (tertiary/aromatic N) is 3. The summed E-state index contributed by atoms with van der Waals surface area (Å²) in [5.74, 6) is 0. The van der Waals surface area contributed by atoms with Crippen molar-refractivity contribution in [2.24, 2.45) is 0 Å². The number of benzene rings is 2. The summed E-state index contributed by atoms with van der Waals surface area (Å²) in [4.78, 5) is 9.51. The van der Waals surface area contributed by atoms with Crippen molar-refractivity contribution >= 4 is 46.7 Å². The molecule has 0 unspecified atom stereocenters. The molecule has 0 fully saturated rings. The first kappa shape index (κ1) is 17.8. The molecule has 0 saturated heterocycles. The van der Waals surface area contributed by atoms with Crippen LogP contribution in [0.5, 0.6) is 0 Å². The van der Waals surface area contributed by atoms with Gasteiger partial charge in [0.25, 0.3) is 0 Å². The van der Waals surface area contributed by atoms with E-state index in [2.05, 4.69) is 15.6 Å². The highest BCUT2D eigenvalue weighted by atomic mass is 35.5. The van der Waals surface area contributed by atoms with Crippen LogP contribution in [0.2, 0.25) is 15.1 Å². The van der Waals surface area contributed by atoms with Crippen LogP contribution < -0.4 is 5.48 Å². The molecular weight excluding hydrogens is 383 g/mol. The number of aromatic nitrogens is 3. The maximum absolute atomic E-state index is 6.30. The second-order valence-electron chi connectivity index (χ2n) is 5.06. The third-order valence-corrected chi connectivity index (χ3v) is 4.05. The van der Waals surface area contributed by atoms with Gasteiger partial charge in [-0.1, -0.05) is 46.9 Å². The minimum atomic E-state index is 0.344. The summed E-state index contributed by atoms with van der Waals surface area (Å²) in [7, 11) is 0. The summed E-state index contributed by atoms with van der Waals surface area (Å²) in [6, 6.07) is 12.6. The molecule has 8 heteroatoms. The van der Waals surface area contributed by atoms with Crippen LogP contribution in [-0.4, -0.2) is 14.8 Å². The summed E-state index contributed by atoms with van der Waals surface area (Å²) in [6.07, 6.45) is 4.71. The van der Waals surface area contributed by atoms with Gasteiger partial charge in [-0.2, -0.15) is 5.10 Å². The van der Waals surface area contributed by atoms with Gasteiger partial charge in [-0.05, 0) is 35.9 Å². The molecule has 0 saturated carbocycles. The van der Waals surface area contributed by atoms with Crippen LogP contribution in [-0.2, 0) is 11.4 Å². The Kier molecular flexibility index (Phi) is 5.94. The first-order valence-corrected chi connectivity index (χ1v) is 8.39. The molecule has 1 N–H and O–H groups in total. The largest absolute Gasteiger partial charge is 0.271 e. The van der Waals surface area contributed by atoms with Crippen LogP contribution in [0.15, 0.2) is 55.1 Å². The van der Waals surface area contributed by atoms with Gasteiger partial charge in [0.05, 0.1) is 23.5 Å². The molecule has 5 nitrogen and oxygen atoms in total. The molecule has 3 aromatic rings. The molecule has 1 heterocycles. The first-order chi connectivity index (χ1) is 12.1. The molecule has 0 spiro atoms. The lowest BCUT2D eigenvalue weighted by atomic mass is 10.2. The number of hydrogen-bond donors (Lipinski definition) is 1. The zero-order valence-electron chi connectivity index (χ0n) is 12.9. The van der Waals surface area contributed by atoms with Gasteiger partial charge in [-0.15, -0.1) is 0 Å². The van der Waals surface area contributed by atoms with Crippen LogP contribution in [0.1, 0.15) is 11.1 Å². The Labute approximate surface area is 159 Å². The highest BCUT2D eigenvalue weighted by Crippen LogP contribution is 2.26. The van der Waals surface area contributed by atoms with Crippen LogP contribution >= 0.6 is 34.8 Å². The van der Waals surface area contributed by atoms with Gasteiger partial charge in [0.1, 0.15) is 12.7 Å². The molecule has 0 amide bonds. The molecule has 0 atom stereocenters. The quantitative estimate of drug-likeness (QED) is 0.602. The van der Waals surface area contributed by atoms with Gasteiger partial charge in [-0.3, -0.25) is 10.3 Å². The fourth-order valence-electron chi connectivity index (χ4n) is 2.05. The second kappa shape index (κ2) is 8.36. The number of hydroxylamine groups is 1. The smallest absolute Gasteiger partial charge is 0.138 e. The molecule has 0 aliphatic heterocycles. The Morgan fingerprint density at radius 3 is 2.52 bits per heavy atom.